The van der Waals surface area contributed by atoms with Crippen LogP contribution in [0.25, 0.3) is 27.6 Å². The maximum atomic E-state index is 6.88. The van der Waals surface area contributed by atoms with Crippen LogP contribution >= 0.6 is 0 Å². The van der Waals surface area contributed by atoms with Crippen LogP contribution in [0.1, 0.15) is 34.2 Å². The number of hydrogen-bond donors (Lipinski definition) is 0. The summed E-state index contributed by atoms with van der Waals surface area (Å²) in [6, 6.07) is 32.7. The predicted octanol–water partition coefficient (Wildman–Crippen LogP) is 7.88. The number of fused-ring (bicyclic) bond motifs is 8. The summed E-state index contributed by atoms with van der Waals surface area (Å²) in [5.74, 6) is 1.95. The van der Waals surface area contributed by atoms with Crippen molar-refractivity contribution >= 4 is 27.6 Å². The number of ether oxygens (including phenoxy) is 2. The number of rotatable bonds is 3. The molecule has 2 aliphatic rings. The second-order valence-corrected chi connectivity index (χ2v) is 9.99. The van der Waals surface area contributed by atoms with Crippen molar-refractivity contribution < 1.29 is 9.47 Å². The summed E-state index contributed by atoms with van der Waals surface area (Å²) in [6.07, 6.45) is 7.70. The van der Waals surface area contributed by atoms with Gasteiger partial charge in [0.15, 0.2) is 0 Å². The first-order valence-electron chi connectivity index (χ1n) is 12.8. The zero-order valence-corrected chi connectivity index (χ0v) is 20.5. The lowest BCUT2D eigenvalue weighted by molar-refractivity contribution is 0.217. The van der Waals surface area contributed by atoms with E-state index in [1.807, 2.05) is 0 Å². The fourth-order valence-corrected chi connectivity index (χ4v) is 6.37. The van der Waals surface area contributed by atoms with Crippen molar-refractivity contribution in [3.05, 3.63) is 125 Å². The van der Waals surface area contributed by atoms with Crippen molar-refractivity contribution in [3.8, 4) is 11.5 Å². The van der Waals surface area contributed by atoms with Gasteiger partial charge in [-0.2, -0.15) is 0 Å². The molecule has 5 aromatic carbocycles. The highest BCUT2D eigenvalue weighted by Crippen LogP contribution is 2.49. The summed E-state index contributed by atoms with van der Waals surface area (Å²) in [5, 5.41) is 5.14. The molecule has 36 heavy (non-hydrogen) atoms. The molecule has 2 heteroatoms. The third-order valence-electron chi connectivity index (χ3n) is 8.16. The van der Waals surface area contributed by atoms with Crippen LogP contribution in [0, 0.1) is 0 Å². The molecule has 0 N–H and O–H groups in total. The van der Waals surface area contributed by atoms with Crippen molar-refractivity contribution in [1.29, 1.82) is 0 Å². The van der Waals surface area contributed by atoms with Crippen LogP contribution in [0.4, 0.5) is 0 Å². The van der Waals surface area contributed by atoms with E-state index < -0.39 is 0 Å². The van der Waals surface area contributed by atoms with E-state index in [2.05, 4.69) is 103 Å². The molecule has 0 saturated carbocycles. The van der Waals surface area contributed by atoms with E-state index in [4.69, 9.17) is 9.47 Å². The van der Waals surface area contributed by atoms with E-state index in [9.17, 15) is 0 Å². The Labute approximate surface area is 211 Å². The first-order valence-corrected chi connectivity index (χ1v) is 12.8. The molecule has 1 heterocycles. The Bertz CT molecular complexity index is 1630. The Kier molecular flexibility index (Phi) is 4.89. The number of hydrogen-bond acceptors (Lipinski definition) is 2. The van der Waals surface area contributed by atoms with Gasteiger partial charge in [0.1, 0.15) is 18.1 Å². The van der Waals surface area contributed by atoms with Crippen LogP contribution in [0.15, 0.2) is 97.1 Å². The van der Waals surface area contributed by atoms with Crippen molar-refractivity contribution in [2.24, 2.45) is 0 Å². The highest BCUT2D eigenvalue weighted by atomic mass is 16.5. The monoisotopic (exact) mass is 468 g/mol. The zero-order valence-electron chi connectivity index (χ0n) is 20.5. The second-order valence-electron chi connectivity index (χ2n) is 9.99. The molecule has 2 nitrogen and oxygen atoms in total. The summed E-state index contributed by atoms with van der Waals surface area (Å²) in [7, 11) is 1.72. The molecule has 0 bridgehead atoms. The molecule has 0 fully saturated rings. The third-order valence-corrected chi connectivity index (χ3v) is 8.16. The molecule has 1 aliphatic heterocycles. The summed E-state index contributed by atoms with van der Waals surface area (Å²) in [5.41, 5.74) is 6.47. The first-order chi connectivity index (χ1) is 17.8. The average molecular weight is 469 g/mol. The Morgan fingerprint density at radius 2 is 1.53 bits per heavy atom. The zero-order chi connectivity index (χ0) is 24.1. The van der Waals surface area contributed by atoms with Crippen LogP contribution in [0.5, 0.6) is 11.5 Å². The van der Waals surface area contributed by atoms with Crippen LogP contribution in [0.2, 0.25) is 0 Å². The second kappa shape index (κ2) is 8.27. The van der Waals surface area contributed by atoms with Gasteiger partial charge in [0, 0.05) is 10.8 Å². The predicted molar refractivity (Wildman–Crippen MR) is 148 cm³/mol. The molecular weight excluding hydrogens is 440 g/mol. The molecule has 1 atom stereocenters. The average Bonchev–Trinajstić information content (AvgIpc) is 2.97. The SMILES string of the molecule is COc1ccc(C2(c3ccccc3)COc3c(c4c(c5c3ccc3ccccc35)C=CCC4)C2)cc1. The topological polar surface area (TPSA) is 18.5 Å². The van der Waals surface area contributed by atoms with Gasteiger partial charge in [-0.25, -0.2) is 0 Å². The van der Waals surface area contributed by atoms with E-state index in [1.54, 1.807) is 7.11 Å². The van der Waals surface area contributed by atoms with Crippen LogP contribution in [-0.4, -0.2) is 13.7 Å². The lowest BCUT2D eigenvalue weighted by Gasteiger charge is -2.41. The van der Waals surface area contributed by atoms with E-state index >= 15 is 0 Å². The van der Waals surface area contributed by atoms with Crippen molar-refractivity contribution in [3.63, 3.8) is 0 Å². The van der Waals surface area contributed by atoms with Crippen LogP contribution in [-0.2, 0) is 18.3 Å². The Balaban J connectivity index is 1.50. The van der Waals surface area contributed by atoms with E-state index in [1.165, 1.54) is 49.4 Å². The standard InChI is InChI=1S/C34H28O2/c1-35-26-18-16-25(17-19-26)34(24-10-3-2-4-11-24)21-31-28-13-7-8-14-29(28)32-27-12-6-5-9-23(27)15-20-30(32)33(31)36-22-34/h2-6,8-12,14-20H,7,13,21-22H2,1H3. The molecule has 0 aromatic heterocycles. The van der Waals surface area contributed by atoms with Gasteiger partial charge in [-0.15, -0.1) is 0 Å². The molecule has 0 amide bonds. The highest BCUT2D eigenvalue weighted by molar-refractivity contribution is 6.14. The summed E-state index contributed by atoms with van der Waals surface area (Å²) < 4.78 is 12.3. The van der Waals surface area contributed by atoms with Gasteiger partial charge in [0.2, 0.25) is 0 Å². The third kappa shape index (κ3) is 3.10. The van der Waals surface area contributed by atoms with Gasteiger partial charge in [0.25, 0.3) is 0 Å². The Morgan fingerprint density at radius 1 is 0.750 bits per heavy atom. The van der Waals surface area contributed by atoms with Gasteiger partial charge < -0.3 is 9.47 Å². The first kappa shape index (κ1) is 21.3. The van der Waals surface area contributed by atoms with Crippen LogP contribution in [0.3, 0.4) is 0 Å². The molecule has 5 aromatic rings. The highest BCUT2D eigenvalue weighted by Gasteiger charge is 2.41. The number of allylic oxidation sites excluding steroid dienone is 1. The smallest absolute Gasteiger partial charge is 0.130 e. The number of methoxy groups -OCH3 is 1. The molecule has 7 rings (SSSR count). The Hall–Kier alpha value is -4.04. The van der Waals surface area contributed by atoms with Crippen molar-refractivity contribution in [2.45, 2.75) is 24.7 Å². The van der Waals surface area contributed by atoms with Crippen molar-refractivity contribution in [2.75, 3.05) is 13.7 Å². The molecule has 1 aliphatic carbocycles. The molecule has 0 spiro atoms. The maximum Gasteiger partial charge on any atom is 0.130 e. The summed E-state index contributed by atoms with van der Waals surface area (Å²) in [6.45, 7) is 0.604. The minimum atomic E-state index is -0.264. The molecule has 1 unspecified atom stereocenters. The molecular formula is C34H28O2. The lowest BCUT2D eigenvalue weighted by atomic mass is 9.68. The van der Waals surface area contributed by atoms with Crippen LogP contribution < -0.4 is 9.47 Å². The van der Waals surface area contributed by atoms with Gasteiger partial charge in [-0.1, -0.05) is 84.9 Å². The molecule has 176 valence electrons. The fraction of sp³-hybridized carbons (Fsp3) is 0.176. The minimum Gasteiger partial charge on any atom is -0.497 e. The molecule has 0 saturated heterocycles. The van der Waals surface area contributed by atoms with Gasteiger partial charge in [-0.3, -0.25) is 0 Å². The van der Waals surface area contributed by atoms with E-state index in [0.717, 1.165) is 30.8 Å². The normalized spacial score (nSPS) is 18.5. The van der Waals surface area contributed by atoms with Gasteiger partial charge >= 0.3 is 0 Å². The quantitative estimate of drug-likeness (QED) is 0.251. The van der Waals surface area contributed by atoms with Crippen molar-refractivity contribution in [1.82, 2.24) is 0 Å². The minimum absolute atomic E-state index is 0.264. The van der Waals surface area contributed by atoms with E-state index in [0.29, 0.717) is 6.61 Å². The maximum absolute atomic E-state index is 6.88. The molecule has 0 radical (unpaired) electrons. The summed E-state index contributed by atoms with van der Waals surface area (Å²) >= 11 is 0. The Morgan fingerprint density at radius 3 is 2.36 bits per heavy atom. The van der Waals surface area contributed by atoms with Gasteiger partial charge in [0.05, 0.1) is 12.5 Å². The largest absolute Gasteiger partial charge is 0.497 e. The summed E-state index contributed by atoms with van der Waals surface area (Å²) in [4.78, 5) is 0. The lowest BCUT2D eigenvalue weighted by Crippen LogP contribution is -2.41. The number of benzene rings is 5. The fourth-order valence-electron chi connectivity index (χ4n) is 6.37. The van der Waals surface area contributed by atoms with Gasteiger partial charge in [-0.05, 0) is 76.1 Å². The van der Waals surface area contributed by atoms with E-state index in [-0.39, 0.29) is 5.41 Å².